The van der Waals surface area contributed by atoms with E-state index in [9.17, 15) is 9.18 Å². The fourth-order valence-corrected chi connectivity index (χ4v) is 2.56. The lowest BCUT2D eigenvalue weighted by Gasteiger charge is -2.12. The number of hydrogen-bond donors (Lipinski definition) is 0. The normalized spacial score (nSPS) is 16.5. The van der Waals surface area contributed by atoms with Gasteiger partial charge in [-0.25, -0.2) is 14.2 Å². The van der Waals surface area contributed by atoms with Crippen LogP contribution in [0.15, 0.2) is 42.6 Å². The number of amides is 1. The number of carbonyl (C=O) groups is 1. The van der Waals surface area contributed by atoms with E-state index in [0.717, 1.165) is 5.56 Å². The molecule has 0 N–H and O–H groups in total. The van der Waals surface area contributed by atoms with Crippen molar-refractivity contribution in [1.82, 2.24) is 9.88 Å². The first-order valence-electron chi connectivity index (χ1n) is 8.52. The summed E-state index contributed by atoms with van der Waals surface area (Å²) in [6, 6.07) is 9.56. The summed E-state index contributed by atoms with van der Waals surface area (Å²) in [5.74, 6) is 0.864. The second-order valence-corrected chi connectivity index (χ2v) is 6.08. The molecule has 0 bridgehead atoms. The lowest BCUT2D eigenvalue weighted by atomic mass is 10.2. The Balaban J connectivity index is 1.36. The number of pyridine rings is 1. The van der Waals surface area contributed by atoms with Crippen molar-refractivity contribution in [3.8, 4) is 11.6 Å². The Hall–Kier alpha value is -2.83. The maximum Gasteiger partial charge on any atom is 0.410 e. The van der Waals surface area contributed by atoms with Crippen molar-refractivity contribution in [3.63, 3.8) is 0 Å². The van der Waals surface area contributed by atoms with Gasteiger partial charge in [-0.3, -0.25) is 0 Å². The highest BCUT2D eigenvalue weighted by atomic mass is 19.1. The van der Waals surface area contributed by atoms with E-state index in [4.69, 9.17) is 14.2 Å². The molecule has 138 valence electrons. The monoisotopic (exact) mass is 360 g/mol. The highest BCUT2D eigenvalue weighted by Gasteiger charge is 2.27. The average molecular weight is 360 g/mol. The van der Waals surface area contributed by atoms with Gasteiger partial charge in [0.2, 0.25) is 5.88 Å². The molecule has 2 heterocycles. The predicted molar refractivity (Wildman–Crippen MR) is 92.6 cm³/mol. The first kappa shape index (κ1) is 18.0. The maximum absolute atomic E-state index is 12.8. The molecule has 0 radical (unpaired) electrons. The number of aromatic nitrogens is 1. The van der Waals surface area contributed by atoms with Crippen LogP contribution in [0, 0.1) is 5.82 Å². The minimum Gasteiger partial charge on any atom is -0.493 e. The molecule has 1 aliphatic heterocycles. The second-order valence-electron chi connectivity index (χ2n) is 6.08. The average Bonchev–Trinajstić information content (AvgIpc) is 2.95. The molecule has 1 aliphatic rings. The third-order valence-corrected chi connectivity index (χ3v) is 3.83. The molecule has 0 saturated carbocycles. The van der Waals surface area contributed by atoms with Crippen LogP contribution in [-0.2, 0) is 11.3 Å². The van der Waals surface area contributed by atoms with Crippen molar-refractivity contribution in [2.75, 3.05) is 19.8 Å². The van der Waals surface area contributed by atoms with Crippen LogP contribution in [-0.4, -0.2) is 41.8 Å². The Morgan fingerprint density at radius 3 is 2.62 bits per heavy atom. The van der Waals surface area contributed by atoms with Gasteiger partial charge in [-0.15, -0.1) is 0 Å². The zero-order chi connectivity index (χ0) is 18.4. The van der Waals surface area contributed by atoms with E-state index < -0.39 is 0 Å². The molecule has 7 heteroatoms. The molecule has 3 rings (SSSR count). The number of rotatable bonds is 8. The van der Waals surface area contributed by atoms with Crippen LogP contribution >= 0.6 is 0 Å². The summed E-state index contributed by atoms with van der Waals surface area (Å²) in [7, 11) is 0. The summed E-state index contributed by atoms with van der Waals surface area (Å²) in [6.07, 6.45) is 2.01. The summed E-state index contributed by atoms with van der Waals surface area (Å²) >= 11 is 0. The molecule has 6 nitrogen and oxygen atoms in total. The van der Waals surface area contributed by atoms with Crippen LogP contribution < -0.4 is 9.47 Å². The van der Waals surface area contributed by atoms with Crippen molar-refractivity contribution in [2.45, 2.75) is 26.0 Å². The largest absolute Gasteiger partial charge is 0.493 e. The molecule has 0 spiro atoms. The highest BCUT2D eigenvalue weighted by molar-refractivity contribution is 5.69. The van der Waals surface area contributed by atoms with Gasteiger partial charge >= 0.3 is 6.09 Å². The molecule has 1 aromatic heterocycles. The number of benzene rings is 1. The maximum atomic E-state index is 12.8. The van der Waals surface area contributed by atoms with E-state index in [0.29, 0.717) is 44.4 Å². The fraction of sp³-hybridized carbons (Fsp3) is 0.368. The summed E-state index contributed by atoms with van der Waals surface area (Å²) in [4.78, 5) is 17.5. The minimum atomic E-state index is -0.293. The number of ether oxygens (including phenoxy) is 3. The molecule has 1 fully saturated rings. The third kappa shape index (κ3) is 5.08. The van der Waals surface area contributed by atoms with E-state index in [-0.39, 0.29) is 18.0 Å². The Morgan fingerprint density at radius 2 is 1.96 bits per heavy atom. The van der Waals surface area contributed by atoms with E-state index in [1.54, 1.807) is 29.3 Å². The van der Waals surface area contributed by atoms with Gasteiger partial charge in [-0.2, -0.15) is 0 Å². The Bertz CT molecular complexity index is 721. The zero-order valence-electron chi connectivity index (χ0n) is 14.6. The lowest BCUT2D eigenvalue weighted by molar-refractivity contribution is 0.137. The summed E-state index contributed by atoms with van der Waals surface area (Å²) < 4.78 is 28.9. The quantitative estimate of drug-likeness (QED) is 0.675. The third-order valence-electron chi connectivity index (χ3n) is 3.83. The van der Waals surface area contributed by atoms with Crippen LogP contribution in [0.1, 0.15) is 18.9 Å². The molecule has 0 unspecified atom stereocenters. The fourth-order valence-electron chi connectivity index (χ4n) is 2.56. The van der Waals surface area contributed by atoms with Crippen LogP contribution in [0.2, 0.25) is 0 Å². The van der Waals surface area contributed by atoms with Crippen LogP contribution in [0.3, 0.4) is 0 Å². The van der Waals surface area contributed by atoms with E-state index in [2.05, 4.69) is 4.98 Å². The summed E-state index contributed by atoms with van der Waals surface area (Å²) in [5, 5.41) is 0. The molecule has 2 aromatic rings. The number of carbonyl (C=O) groups excluding carboxylic acids is 1. The molecule has 1 aromatic carbocycles. The molecular formula is C19H21FN2O4. The smallest absolute Gasteiger partial charge is 0.410 e. The van der Waals surface area contributed by atoms with Crippen molar-refractivity contribution < 1.29 is 23.4 Å². The van der Waals surface area contributed by atoms with Gasteiger partial charge in [-0.1, -0.05) is 6.07 Å². The molecule has 1 atom stereocenters. The van der Waals surface area contributed by atoms with Crippen molar-refractivity contribution in [3.05, 3.63) is 54.0 Å². The van der Waals surface area contributed by atoms with Crippen LogP contribution in [0.5, 0.6) is 11.6 Å². The van der Waals surface area contributed by atoms with Gasteiger partial charge in [0.15, 0.2) is 0 Å². The predicted octanol–water partition coefficient (Wildman–Crippen LogP) is 3.41. The van der Waals surface area contributed by atoms with Crippen molar-refractivity contribution >= 4 is 6.09 Å². The topological polar surface area (TPSA) is 60.9 Å². The number of cyclic esters (lactones) is 1. The van der Waals surface area contributed by atoms with Gasteiger partial charge in [0, 0.05) is 18.7 Å². The highest BCUT2D eigenvalue weighted by Crippen LogP contribution is 2.16. The SMILES string of the molecule is C[C@@H]1CN(Cc2ccc(OCCCOc3ccc(F)cc3)nc2)C(=O)O1. The van der Waals surface area contributed by atoms with Gasteiger partial charge in [0.1, 0.15) is 17.7 Å². The van der Waals surface area contributed by atoms with Gasteiger partial charge in [0.25, 0.3) is 0 Å². The van der Waals surface area contributed by atoms with Gasteiger partial charge in [-0.05, 0) is 36.8 Å². The molecule has 1 saturated heterocycles. The number of halogens is 1. The Morgan fingerprint density at radius 1 is 1.19 bits per heavy atom. The second kappa shape index (κ2) is 8.51. The van der Waals surface area contributed by atoms with Crippen molar-refractivity contribution in [1.29, 1.82) is 0 Å². The molecule has 0 aliphatic carbocycles. The van der Waals surface area contributed by atoms with Gasteiger partial charge < -0.3 is 19.1 Å². The number of nitrogens with zero attached hydrogens (tertiary/aromatic N) is 2. The van der Waals surface area contributed by atoms with E-state index in [1.807, 2.05) is 13.0 Å². The lowest BCUT2D eigenvalue weighted by Crippen LogP contribution is -2.24. The molecule has 26 heavy (non-hydrogen) atoms. The Labute approximate surface area is 151 Å². The zero-order valence-corrected chi connectivity index (χ0v) is 14.6. The van der Waals surface area contributed by atoms with Gasteiger partial charge in [0.05, 0.1) is 26.3 Å². The van der Waals surface area contributed by atoms with E-state index >= 15 is 0 Å². The molecular weight excluding hydrogens is 339 g/mol. The van der Waals surface area contributed by atoms with E-state index in [1.165, 1.54) is 12.1 Å². The first-order valence-corrected chi connectivity index (χ1v) is 8.52. The number of hydrogen-bond acceptors (Lipinski definition) is 5. The Kier molecular flexibility index (Phi) is 5.88. The minimum absolute atomic E-state index is 0.0739. The van der Waals surface area contributed by atoms with Crippen LogP contribution in [0.4, 0.5) is 9.18 Å². The summed E-state index contributed by atoms with van der Waals surface area (Å²) in [6.45, 7) is 3.86. The standard InChI is InChI=1S/C19H21FN2O4/c1-14-12-22(19(23)26-14)13-15-3-8-18(21-11-15)25-10-2-9-24-17-6-4-16(20)5-7-17/h3-8,11,14H,2,9-10,12-13H2,1H3/t14-/m1/s1. The molecule has 1 amide bonds. The van der Waals surface area contributed by atoms with Crippen molar-refractivity contribution in [2.24, 2.45) is 0 Å². The van der Waals surface area contributed by atoms with Crippen LogP contribution in [0.25, 0.3) is 0 Å². The summed E-state index contributed by atoms with van der Waals surface area (Å²) in [5.41, 5.74) is 0.919. The first-order chi connectivity index (χ1) is 12.6.